The van der Waals surface area contributed by atoms with Gasteiger partial charge in [0, 0.05) is 16.7 Å². The third-order valence-corrected chi connectivity index (χ3v) is 13.7. The first-order valence-electron chi connectivity index (χ1n) is 17.4. The van der Waals surface area contributed by atoms with Crippen molar-refractivity contribution in [2.45, 2.75) is 13.1 Å². The Hall–Kier alpha value is -6.23. The highest BCUT2D eigenvalue weighted by atomic mass is 28.3. The first-order valence-corrected chi connectivity index (χ1v) is 20.4. The Morgan fingerprint density at radius 3 is 1.39 bits per heavy atom. The van der Waals surface area contributed by atoms with Gasteiger partial charge in [0.2, 0.25) is 0 Å². The molecule has 4 heteroatoms. The molecule has 1 aliphatic rings. The van der Waals surface area contributed by atoms with E-state index < -0.39 is 8.07 Å². The maximum atomic E-state index is 5.02. The molecule has 0 bridgehead atoms. The van der Waals surface area contributed by atoms with Gasteiger partial charge in [-0.25, -0.2) is 15.0 Å². The molecule has 2 heterocycles. The molecule has 8 aromatic rings. The van der Waals surface area contributed by atoms with Crippen LogP contribution in [-0.2, 0) is 0 Å². The molecular formula is C47H35N3Si. The molecule has 0 N–H and O–H groups in total. The van der Waals surface area contributed by atoms with Crippen LogP contribution in [0.5, 0.6) is 0 Å². The molecule has 0 radical (unpaired) electrons. The van der Waals surface area contributed by atoms with Gasteiger partial charge in [0.1, 0.15) is 8.07 Å². The van der Waals surface area contributed by atoms with E-state index in [2.05, 4.69) is 153 Å². The first kappa shape index (κ1) is 30.8. The van der Waals surface area contributed by atoms with Crippen LogP contribution in [0, 0.1) is 0 Å². The Morgan fingerprint density at radius 2 is 0.725 bits per heavy atom. The number of rotatable bonds is 6. The second-order valence-electron chi connectivity index (χ2n) is 13.7. The van der Waals surface area contributed by atoms with Crippen molar-refractivity contribution in [2.24, 2.45) is 0 Å². The third kappa shape index (κ3) is 5.60. The fraction of sp³-hybridized carbons (Fsp3) is 0.0426. The number of benzene rings is 7. The predicted octanol–water partition coefficient (Wildman–Crippen LogP) is 10.7. The van der Waals surface area contributed by atoms with Crippen LogP contribution in [0.4, 0.5) is 0 Å². The van der Waals surface area contributed by atoms with E-state index in [1.165, 1.54) is 33.0 Å². The largest absolute Gasteiger partial charge is 0.208 e. The molecule has 51 heavy (non-hydrogen) atoms. The van der Waals surface area contributed by atoms with Gasteiger partial charge < -0.3 is 0 Å². The summed E-state index contributed by atoms with van der Waals surface area (Å²) in [5.41, 5.74) is 12.9. The van der Waals surface area contributed by atoms with E-state index in [0.717, 1.165) is 33.4 Å². The van der Waals surface area contributed by atoms with E-state index in [-0.39, 0.29) is 0 Å². The van der Waals surface area contributed by atoms with Gasteiger partial charge in [-0.15, -0.1) is 0 Å². The number of hydrogen-bond acceptors (Lipinski definition) is 3. The summed E-state index contributed by atoms with van der Waals surface area (Å²) in [5, 5.41) is 3.08. The van der Waals surface area contributed by atoms with Crippen LogP contribution in [0.1, 0.15) is 0 Å². The topological polar surface area (TPSA) is 38.7 Å². The maximum absolute atomic E-state index is 5.02. The Morgan fingerprint density at radius 1 is 0.314 bits per heavy atom. The van der Waals surface area contributed by atoms with Gasteiger partial charge in [-0.05, 0) is 60.9 Å². The van der Waals surface area contributed by atoms with Gasteiger partial charge in [0.05, 0.1) is 0 Å². The zero-order valence-corrected chi connectivity index (χ0v) is 29.6. The van der Waals surface area contributed by atoms with E-state index in [4.69, 9.17) is 15.0 Å². The molecule has 0 aliphatic carbocycles. The van der Waals surface area contributed by atoms with E-state index in [1.807, 2.05) is 36.4 Å². The number of hydrogen-bond donors (Lipinski definition) is 0. The molecule has 7 aromatic carbocycles. The molecule has 1 aliphatic heterocycles. The summed E-state index contributed by atoms with van der Waals surface area (Å²) in [4.78, 5) is 14.9. The van der Waals surface area contributed by atoms with E-state index in [0.29, 0.717) is 17.5 Å². The predicted molar refractivity (Wildman–Crippen MR) is 215 cm³/mol. The quantitative estimate of drug-likeness (QED) is 0.165. The molecule has 0 unspecified atom stereocenters. The summed E-state index contributed by atoms with van der Waals surface area (Å²) in [7, 11) is -1.81. The zero-order valence-electron chi connectivity index (χ0n) is 28.6. The Balaban J connectivity index is 1.05. The highest BCUT2D eigenvalue weighted by Crippen LogP contribution is 2.35. The van der Waals surface area contributed by atoms with Gasteiger partial charge in [-0.3, -0.25) is 0 Å². The lowest BCUT2D eigenvalue weighted by molar-refractivity contribution is 1.07. The zero-order chi connectivity index (χ0) is 34.4. The number of fused-ring (bicyclic) bond motifs is 3. The second kappa shape index (κ2) is 12.6. The molecule has 9 rings (SSSR count). The molecule has 1 aromatic heterocycles. The average Bonchev–Trinajstić information content (AvgIpc) is 3.45. The summed E-state index contributed by atoms with van der Waals surface area (Å²) in [6, 6.07) is 62.3. The summed E-state index contributed by atoms with van der Waals surface area (Å²) in [5.74, 6) is 1.96. The van der Waals surface area contributed by atoms with Crippen LogP contribution in [0.25, 0.3) is 78.7 Å². The van der Waals surface area contributed by atoms with Crippen molar-refractivity contribution < 1.29 is 0 Å². The van der Waals surface area contributed by atoms with Crippen LogP contribution >= 0.6 is 0 Å². The summed E-state index contributed by atoms with van der Waals surface area (Å²) in [6.07, 6.45) is 0. The molecular weight excluding hydrogens is 635 g/mol. The normalized spacial score (nSPS) is 12.7. The molecule has 0 fully saturated rings. The standard InChI is InChI=1S/C47H35N3Si/c1-51(2)43-22-10-9-19-41(43)42-21-12-20-40(44(42)51)35-27-23-33(24-28-35)34-25-29-37(30-26-34)46-48-45(36-15-7-4-8-16-36)49-47(50-46)39-18-11-17-38(31-39)32-13-5-3-6-14-32/h3-31H,1-2H3. The average molecular weight is 670 g/mol. The van der Waals surface area contributed by atoms with Crippen molar-refractivity contribution >= 4 is 18.4 Å². The molecule has 0 spiro atoms. The van der Waals surface area contributed by atoms with Gasteiger partial charge in [0.25, 0.3) is 0 Å². The Kier molecular flexibility index (Phi) is 7.60. The molecule has 0 atom stereocenters. The number of nitrogens with zero attached hydrogens (tertiary/aromatic N) is 3. The van der Waals surface area contributed by atoms with Crippen LogP contribution in [0.15, 0.2) is 176 Å². The maximum Gasteiger partial charge on any atom is 0.164 e. The van der Waals surface area contributed by atoms with E-state index in [9.17, 15) is 0 Å². The smallest absolute Gasteiger partial charge is 0.164 e. The minimum Gasteiger partial charge on any atom is -0.208 e. The van der Waals surface area contributed by atoms with Crippen molar-refractivity contribution in [1.29, 1.82) is 0 Å². The monoisotopic (exact) mass is 669 g/mol. The Bertz CT molecular complexity index is 2520. The third-order valence-electron chi connectivity index (χ3n) is 10.1. The lowest BCUT2D eigenvalue weighted by Gasteiger charge is -2.22. The lowest BCUT2D eigenvalue weighted by Crippen LogP contribution is -2.50. The molecule has 0 amide bonds. The van der Waals surface area contributed by atoms with Gasteiger partial charge in [-0.1, -0.05) is 183 Å². The SMILES string of the molecule is C[Si]1(C)c2ccccc2-c2cccc(-c3ccc(-c4ccc(-c5nc(-c6ccccc6)nc(-c6cccc(-c7ccccc7)c6)n5)cc4)cc3)c21. The van der Waals surface area contributed by atoms with Gasteiger partial charge in [-0.2, -0.15) is 0 Å². The molecule has 3 nitrogen and oxygen atoms in total. The van der Waals surface area contributed by atoms with Crippen molar-refractivity contribution in [3.8, 4) is 78.7 Å². The van der Waals surface area contributed by atoms with Crippen molar-refractivity contribution in [2.75, 3.05) is 0 Å². The van der Waals surface area contributed by atoms with Crippen LogP contribution in [-0.4, -0.2) is 23.0 Å². The fourth-order valence-electron chi connectivity index (χ4n) is 7.56. The van der Waals surface area contributed by atoms with Gasteiger partial charge >= 0.3 is 0 Å². The first-order chi connectivity index (χ1) is 25.0. The highest BCUT2D eigenvalue weighted by Gasteiger charge is 2.39. The number of aromatic nitrogens is 3. The molecule has 0 saturated heterocycles. The van der Waals surface area contributed by atoms with Crippen molar-refractivity contribution in [1.82, 2.24) is 15.0 Å². The second-order valence-corrected chi connectivity index (χ2v) is 18.0. The minimum atomic E-state index is -1.81. The van der Waals surface area contributed by atoms with E-state index in [1.54, 1.807) is 5.19 Å². The van der Waals surface area contributed by atoms with Crippen LogP contribution < -0.4 is 10.4 Å². The minimum absolute atomic E-state index is 0.650. The summed E-state index contributed by atoms with van der Waals surface area (Å²) < 4.78 is 0. The van der Waals surface area contributed by atoms with Crippen LogP contribution in [0.2, 0.25) is 13.1 Å². The molecule has 0 saturated carbocycles. The highest BCUT2D eigenvalue weighted by molar-refractivity contribution is 7.04. The summed E-state index contributed by atoms with van der Waals surface area (Å²) >= 11 is 0. The fourth-order valence-corrected chi connectivity index (χ4v) is 11.0. The van der Waals surface area contributed by atoms with Crippen molar-refractivity contribution in [3.05, 3.63) is 176 Å². The van der Waals surface area contributed by atoms with Gasteiger partial charge in [0.15, 0.2) is 17.5 Å². The van der Waals surface area contributed by atoms with E-state index >= 15 is 0 Å². The van der Waals surface area contributed by atoms with Crippen LogP contribution in [0.3, 0.4) is 0 Å². The lowest BCUT2D eigenvalue weighted by atomic mass is 9.97. The summed E-state index contributed by atoms with van der Waals surface area (Å²) in [6.45, 7) is 4.97. The molecule has 242 valence electrons. The van der Waals surface area contributed by atoms with Crippen molar-refractivity contribution in [3.63, 3.8) is 0 Å². The Labute approximate surface area is 300 Å².